The van der Waals surface area contributed by atoms with E-state index in [4.69, 9.17) is 13.9 Å². The van der Waals surface area contributed by atoms with Crippen molar-refractivity contribution in [2.24, 2.45) is 4.99 Å². The predicted octanol–water partition coefficient (Wildman–Crippen LogP) is 3.34. The molecule has 0 fully saturated rings. The lowest BCUT2D eigenvalue weighted by atomic mass is 10.1. The number of nitrogens with zero attached hydrogens (tertiary/aromatic N) is 1. The van der Waals surface area contributed by atoms with E-state index in [2.05, 4.69) is 28.6 Å². The standard InChI is InChI=1S/C20H21N3O3/c1-13-15-5-3-4-6-16(15)26-19(13)11-23-20(21-2)22-10-14-7-8-17-18(9-14)25-12-24-17/h3-9H,10-12H2,1-2H3,(H2,21,22,23). The number of furan rings is 1. The van der Waals surface area contributed by atoms with Gasteiger partial charge in [0.15, 0.2) is 17.5 Å². The molecule has 0 spiro atoms. The number of fused-ring (bicyclic) bond motifs is 2. The smallest absolute Gasteiger partial charge is 0.231 e. The van der Waals surface area contributed by atoms with E-state index in [1.54, 1.807) is 7.05 Å². The molecule has 1 aliphatic heterocycles. The molecular formula is C20H21N3O3. The lowest BCUT2D eigenvalue weighted by Crippen LogP contribution is -2.36. The van der Waals surface area contributed by atoms with E-state index in [9.17, 15) is 0 Å². The fraction of sp³-hybridized carbons (Fsp3) is 0.250. The zero-order valence-corrected chi connectivity index (χ0v) is 14.8. The molecular weight excluding hydrogens is 330 g/mol. The first-order chi connectivity index (χ1) is 12.7. The molecule has 4 rings (SSSR count). The van der Waals surface area contributed by atoms with Gasteiger partial charge in [0.2, 0.25) is 6.79 Å². The Bertz CT molecular complexity index is 962. The second-order valence-electron chi connectivity index (χ2n) is 6.11. The van der Waals surface area contributed by atoms with Gasteiger partial charge < -0.3 is 24.5 Å². The van der Waals surface area contributed by atoms with Crippen molar-refractivity contribution in [3.8, 4) is 11.5 Å². The zero-order chi connectivity index (χ0) is 17.9. The molecule has 2 heterocycles. The van der Waals surface area contributed by atoms with Crippen LogP contribution in [0.4, 0.5) is 0 Å². The van der Waals surface area contributed by atoms with Crippen LogP contribution in [0.5, 0.6) is 11.5 Å². The number of hydrogen-bond donors (Lipinski definition) is 2. The molecule has 0 aliphatic carbocycles. The van der Waals surface area contributed by atoms with E-state index in [0.717, 1.165) is 39.4 Å². The predicted molar refractivity (Wildman–Crippen MR) is 101 cm³/mol. The van der Waals surface area contributed by atoms with E-state index in [0.29, 0.717) is 19.0 Å². The number of ether oxygens (including phenoxy) is 2. The van der Waals surface area contributed by atoms with Crippen molar-refractivity contribution in [3.63, 3.8) is 0 Å². The van der Waals surface area contributed by atoms with Crippen LogP contribution in [0.25, 0.3) is 11.0 Å². The highest BCUT2D eigenvalue weighted by atomic mass is 16.7. The maximum absolute atomic E-state index is 5.93. The Morgan fingerprint density at radius 3 is 2.69 bits per heavy atom. The maximum Gasteiger partial charge on any atom is 0.231 e. The molecule has 1 aliphatic rings. The summed E-state index contributed by atoms with van der Waals surface area (Å²) in [5.74, 6) is 3.20. The Hall–Kier alpha value is -3.15. The first kappa shape index (κ1) is 16.3. The van der Waals surface area contributed by atoms with Crippen molar-refractivity contribution < 1.29 is 13.9 Å². The van der Waals surface area contributed by atoms with Crippen LogP contribution in [-0.4, -0.2) is 19.8 Å². The summed E-state index contributed by atoms with van der Waals surface area (Å²) in [7, 11) is 1.75. The topological polar surface area (TPSA) is 68.0 Å². The zero-order valence-electron chi connectivity index (χ0n) is 14.8. The molecule has 0 bridgehead atoms. The first-order valence-electron chi connectivity index (χ1n) is 8.54. The van der Waals surface area contributed by atoms with Gasteiger partial charge in [-0.15, -0.1) is 0 Å². The van der Waals surface area contributed by atoms with E-state index in [1.807, 2.05) is 36.4 Å². The first-order valence-corrected chi connectivity index (χ1v) is 8.54. The molecule has 6 nitrogen and oxygen atoms in total. The Balaban J connectivity index is 1.38. The van der Waals surface area contributed by atoms with Crippen molar-refractivity contribution in [1.82, 2.24) is 10.6 Å². The van der Waals surface area contributed by atoms with Gasteiger partial charge in [-0.05, 0) is 30.7 Å². The maximum atomic E-state index is 5.93. The number of aryl methyl sites for hydroxylation is 1. The van der Waals surface area contributed by atoms with Gasteiger partial charge in [0.25, 0.3) is 0 Å². The molecule has 3 aromatic rings. The molecule has 1 aromatic heterocycles. The summed E-state index contributed by atoms with van der Waals surface area (Å²) in [6, 6.07) is 14.0. The number of nitrogens with one attached hydrogen (secondary N) is 2. The summed E-state index contributed by atoms with van der Waals surface area (Å²) in [6.45, 7) is 3.56. The molecule has 0 unspecified atom stereocenters. The van der Waals surface area contributed by atoms with E-state index in [1.165, 1.54) is 0 Å². The van der Waals surface area contributed by atoms with Crippen molar-refractivity contribution >= 4 is 16.9 Å². The molecule has 0 atom stereocenters. The largest absolute Gasteiger partial charge is 0.459 e. The number of rotatable bonds is 4. The summed E-state index contributed by atoms with van der Waals surface area (Å²) in [5, 5.41) is 7.75. The molecule has 134 valence electrons. The van der Waals surface area contributed by atoms with E-state index >= 15 is 0 Å². The Kier molecular flexibility index (Phi) is 4.39. The molecule has 2 aromatic carbocycles. The van der Waals surface area contributed by atoms with Crippen molar-refractivity contribution in [1.29, 1.82) is 0 Å². The van der Waals surface area contributed by atoms with Crippen molar-refractivity contribution in [2.45, 2.75) is 20.0 Å². The van der Waals surface area contributed by atoms with E-state index in [-0.39, 0.29) is 6.79 Å². The summed E-state index contributed by atoms with van der Waals surface area (Å²) >= 11 is 0. The molecule has 0 radical (unpaired) electrons. The highest BCUT2D eigenvalue weighted by molar-refractivity contribution is 5.83. The minimum Gasteiger partial charge on any atom is -0.459 e. The quantitative estimate of drug-likeness (QED) is 0.557. The Labute approximate surface area is 151 Å². The third-order valence-electron chi connectivity index (χ3n) is 4.48. The van der Waals surface area contributed by atoms with Crippen molar-refractivity contribution in [2.75, 3.05) is 13.8 Å². The van der Waals surface area contributed by atoms with Gasteiger partial charge in [0.1, 0.15) is 11.3 Å². The third-order valence-corrected chi connectivity index (χ3v) is 4.48. The normalized spacial score (nSPS) is 13.2. The van der Waals surface area contributed by atoms with Gasteiger partial charge >= 0.3 is 0 Å². The number of para-hydroxylation sites is 1. The fourth-order valence-corrected chi connectivity index (χ4v) is 3.01. The molecule has 0 amide bonds. The summed E-state index contributed by atoms with van der Waals surface area (Å²) < 4.78 is 16.7. The van der Waals surface area contributed by atoms with Crippen LogP contribution >= 0.6 is 0 Å². The number of aliphatic imine (C=N–C) groups is 1. The van der Waals surface area contributed by atoms with Crippen LogP contribution < -0.4 is 20.1 Å². The highest BCUT2D eigenvalue weighted by Gasteiger charge is 2.13. The minimum atomic E-state index is 0.284. The van der Waals surface area contributed by atoms with Crippen molar-refractivity contribution in [3.05, 3.63) is 59.4 Å². The van der Waals surface area contributed by atoms with E-state index < -0.39 is 0 Å². The lowest BCUT2D eigenvalue weighted by molar-refractivity contribution is 0.174. The van der Waals surface area contributed by atoms with Gasteiger partial charge in [0, 0.05) is 24.5 Å². The lowest BCUT2D eigenvalue weighted by Gasteiger charge is -2.11. The second kappa shape index (κ2) is 7.00. The number of hydrogen-bond acceptors (Lipinski definition) is 4. The Morgan fingerprint density at radius 1 is 1.04 bits per heavy atom. The monoisotopic (exact) mass is 351 g/mol. The molecule has 0 saturated carbocycles. The molecule has 2 N–H and O–H groups in total. The molecule has 6 heteroatoms. The van der Waals surface area contributed by atoms with Gasteiger partial charge in [-0.1, -0.05) is 24.3 Å². The van der Waals surface area contributed by atoms with Gasteiger partial charge in [0.05, 0.1) is 6.54 Å². The van der Waals surface area contributed by atoms with Crippen LogP contribution in [0.2, 0.25) is 0 Å². The molecule has 0 saturated heterocycles. The fourth-order valence-electron chi connectivity index (χ4n) is 3.01. The molecule has 26 heavy (non-hydrogen) atoms. The number of benzene rings is 2. The third kappa shape index (κ3) is 3.18. The SMILES string of the molecule is CN=C(NCc1ccc2c(c1)OCO2)NCc1oc2ccccc2c1C. The van der Waals surface area contributed by atoms with Gasteiger partial charge in [-0.2, -0.15) is 0 Å². The van der Waals surface area contributed by atoms with Crippen LogP contribution in [0.15, 0.2) is 51.9 Å². The average molecular weight is 351 g/mol. The minimum absolute atomic E-state index is 0.284. The number of guanidine groups is 1. The summed E-state index contributed by atoms with van der Waals surface area (Å²) in [6.07, 6.45) is 0. The highest BCUT2D eigenvalue weighted by Crippen LogP contribution is 2.32. The van der Waals surface area contributed by atoms with Crippen LogP contribution in [0, 0.1) is 6.92 Å². The van der Waals surface area contributed by atoms with Crippen LogP contribution in [0.1, 0.15) is 16.9 Å². The van der Waals surface area contributed by atoms with Gasteiger partial charge in [-0.3, -0.25) is 4.99 Å². The summed E-state index contributed by atoms with van der Waals surface area (Å²) in [5.41, 5.74) is 3.15. The Morgan fingerprint density at radius 2 is 1.85 bits per heavy atom. The van der Waals surface area contributed by atoms with Gasteiger partial charge in [-0.25, -0.2) is 0 Å². The van der Waals surface area contributed by atoms with Crippen LogP contribution in [0.3, 0.4) is 0 Å². The average Bonchev–Trinajstić information content (AvgIpc) is 3.26. The second-order valence-corrected chi connectivity index (χ2v) is 6.11. The van der Waals surface area contributed by atoms with Crippen LogP contribution in [-0.2, 0) is 13.1 Å². The summed E-state index contributed by atoms with van der Waals surface area (Å²) in [4.78, 5) is 4.27.